The molecule has 1 saturated carbocycles. The molecule has 3 fully saturated rings. The molecule has 0 amide bonds. The highest BCUT2D eigenvalue weighted by Gasteiger charge is 2.43. The van der Waals surface area contributed by atoms with Crippen molar-refractivity contribution >= 4 is 5.82 Å². The van der Waals surface area contributed by atoms with Gasteiger partial charge < -0.3 is 15.0 Å². The van der Waals surface area contributed by atoms with Crippen molar-refractivity contribution in [2.75, 3.05) is 38.2 Å². The highest BCUT2D eigenvalue weighted by atomic mass is 19.4. The third kappa shape index (κ3) is 5.28. The van der Waals surface area contributed by atoms with Gasteiger partial charge >= 0.3 is 6.18 Å². The minimum Gasteiger partial charge on any atom is -0.381 e. The summed E-state index contributed by atoms with van der Waals surface area (Å²) < 4.78 is 74.8. The number of benzene rings is 1. The molecule has 35 heavy (non-hydrogen) atoms. The van der Waals surface area contributed by atoms with Crippen LogP contribution in [-0.2, 0) is 10.9 Å². The van der Waals surface area contributed by atoms with Crippen LogP contribution < -0.4 is 5.32 Å². The molecule has 2 atom stereocenters. The summed E-state index contributed by atoms with van der Waals surface area (Å²) in [4.78, 5) is 2.50. The fourth-order valence-electron chi connectivity index (χ4n) is 5.91. The molecule has 0 spiro atoms. The molecule has 3 aliphatic rings. The molecule has 5 rings (SSSR count). The summed E-state index contributed by atoms with van der Waals surface area (Å²) in [6.07, 6.45) is -0.949. The number of nitrogens with one attached hydrogen (secondary N) is 1. The van der Waals surface area contributed by atoms with Crippen LogP contribution in [0.3, 0.4) is 0 Å². The van der Waals surface area contributed by atoms with Gasteiger partial charge in [0.1, 0.15) is 17.2 Å². The second kappa shape index (κ2) is 9.61. The predicted molar refractivity (Wildman–Crippen MR) is 121 cm³/mol. The standard InChI is InChI=1S/C25H29F5N4O/c1-14-20(8-18(26)9-22(14)27)23-10-21(25(28,29)30)24(33-32-23)31-19-6-16-12-34(13-17(16)7-19)11-15-2-4-35-5-3-15/h8-10,15-17,19H,2-7,11-13H2,1H3,(H,31,33). The van der Waals surface area contributed by atoms with Crippen LogP contribution in [0, 0.1) is 36.3 Å². The summed E-state index contributed by atoms with van der Waals surface area (Å²) in [6, 6.07) is 2.36. The van der Waals surface area contributed by atoms with Gasteiger partial charge in [0.05, 0.1) is 5.69 Å². The number of alkyl halides is 3. The zero-order valence-corrected chi connectivity index (χ0v) is 19.5. The average molecular weight is 497 g/mol. The fraction of sp³-hybridized carbons (Fsp3) is 0.600. The molecule has 2 saturated heterocycles. The second-order valence-corrected chi connectivity index (χ2v) is 10.2. The summed E-state index contributed by atoms with van der Waals surface area (Å²) >= 11 is 0. The molecule has 1 N–H and O–H groups in total. The first-order chi connectivity index (χ1) is 16.7. The van der Waals surface area contributed by atoms with Crippen LogP contribution in [0.5, 0.6) is 0 Å². The molecule has 0 bridgehead atoms. The number of halogens is 5. The van der Waals surface area contributed by atoms with Crippen LogP contribution in [0.25, 0.3) is 11.3 Å². The Bertz CT molecular complexity index is 1060. The summed E-state index contributed by atoms with van der Waals surface area (Å²) in [7, 11) is 0. The van der Waals surface area contributed by atoms with Crippen LogP contribution >= 0.6 is 0 Å². The quantitative estimate of drug-likeness (QED) is 0.570. The van der Waals surface area contributed by atoms with Gasteiger partial charge in [-0.3, -0.25) is 0 Å². The minimum atomic E-state index is -4.69. The molecule has 190 valence electrons. The van der Waals surface area contributed by atoms with Crippen LogP contribution in [0.4, 0.5) is 27.8 Å². The lowest BCUT2D eigenvalue weighted by Crippen LogP contribution is -2.32. The van der Waals surface area contributed by atoms with Crippen molar-refractivity contribution in [2.45, 2.75) is 44.8 Å². The Hall–Kier alpha value is -2.33. The van der Waals surface area contributed by atoms with E-state index in [1.807, 2.05) is 0 Å². The van der Waals surface area contributed by atoms with Gasteiger partial charge in [-0.2, -0.15) is 13.2 Å². The molecule has 0 radical (unpaired) electrons. The number of hydrogen-bond donors (Lipinski definition) is 1. The van der Waals surface area contributed by atoms with E-state index in [-0.39, 0.29) is 28.7 Å². The zero-order valence-electron chi connectivity index (χ0n) is 19.5. The van der Waals surface area contributed by atoms with E-state index in [4.69, 9.17) is 4.74 Å². The summed E-state index contributed by atoms with van der Waals surface area (Å²) in [5.74, 6) is -0.502. The van der Waals surface area contributed by atoms with Crippen LogP contribution in [0.15, 0.2) is 18.2 Å². The molecule has 1 aromatic heterocycles. The average Bonchev–Trinajstić information content (AvgIpc) is 3.34. The van der Waals surface area contributed by atoms with Gasteiger partial charge in [-0.15, -0.1) is 10.2 Å². The number of hydrogen-bond acceptors (Lipinski definition) is 5. The van der Waals surface area contributed by atoms with E-state index >= 15 is 0 Å². The monoisotopic (exact) mass is 496 g/mol. The van der Waals surface area contributed by atoms with Gasteiger partial charge in [0.15, 0.2) is 5.82 Å². The number of likely N-dealkylation sites (tertiary alicyclic amines) is 1. The normalized spacial score (nSPS) is 25.7. The molecular formula is C25H29F5N4O. The van der Waals surface area contributed by atoms with E-state index in [1.54, 1.807) is 0 Å². The predicted octanol–water partition coefficient (Wildman–Crippen LogP) is 5.30. The third-order valence-electron chi connectivity index (χ3n) is 7.71. The van der Waals surface area contributed by atoms with Crippen LogP contribution in [0.1, 0.15) is 36.8 Å². The highest BCUT2D eigenvalue weighted by Crippen LogP contribution is 2.42. The largest absolute Gasteiger partial charge is 0.420 e. The SMILES string of the molecule is Cc1c(F)cc(F)cc1-c1cc(C(F)(F)F)c(NC2CC3CN(CC4CCOCC4)CC3C2)nn1. The van der Waals surface area contributed by atoms with E-state index in [1.165, 1.54) is 6.92 Å². The Balaban J connectivity index is 1.28. The van der Waals surface area contributed by atoms with E-state index in [9.17, 15) is 22.0 Å². The summed E-state index contributed by atoms with van der Waals surface area (Å²) in [5.41, 5.74) is -1.23. The van der Waals surface area contributed by atoms with Gasteiger partial charge in [-0.1, -0.05) is 0 Å². The topological polar surface area (TPSA) is 50.3 Å². The second-order valence-electron chi connectivity index (χ2n) is 10.2. The number of rotatable bonds is 5. The maximum atomic E-state index is 13.9. The number of fused-ring (bicyclic) bond motifs is 1. The maximum Gasteiger partial charge on any atom is 0.420 e. The maximum absolute atomic E-state index is 13.9. The molecule has 1 aliphatic carbocycles. The van der Waals surface area contributed by atoms with Crippen molar-refractivity contribution in [3.8, 4) is 11.3 Å². The van der Waals surface area contributed by atoms with Crippen molar-refractivity contribution in [3.05, 3.63) is 41.0 Å². The van der Waals surface area contributed by atoms with Crippen LogP contribution in [-0.4, -0.2) is 54.0 Å². The molecular weight excluding hydrogens is 467 g/mol. The van der Waals surface area contributed by atoms with E-state index < -0.39 is 23.4 Å². The Kier molecular flexibility index (Phi) is 6.69. The third-order valence-corrected chi connectivity index (χ3v) is 7.71. The van der Waals surface area contributed by atoms with E-state index in [0.29, 0.717) is 23.8 Å². The number of anilines is 1. The number of ether oxygens (including phenoxy) is 1. The van der Waals surface area contributed by atoms with Gasteiger partial charge in [-0.25, -0.2) is 8.78 Å². The highest BCUT2D eigenvalue weighted by molar-refractivity contribution is 5.66. The van der Waals surface area contributed by atoms with Crippen molar-refractivity contribution in [2.24, 2.45) is 17.8 Å². The van der Waals surface area contributed by atoms with Gasteiger partial charge in [0.2, 0.25) is 0 Å². The molecule has 10 heteroatoms. The number of nitrogens with zero attached hydrogens (tertiary/aromatic N) is 3. The van der Waals surface area contributed by atoms with Crippen molar-refractivity contribution in [1.82, 2.24) is 15.1 Å². The molecule has 2 aromatic rings. The van der Waals surface area contributed by atoms with Crippen molar-refractivity contribution in [3.63, 3.8) is 0 Å². The Morgan fingerprint density at radius 3 is 2.37 bits per heavy atom. The molecule has 5 nitrogen and oxygen atoms in total. The minimum absolute atomic E-state index is 0.0171. The van der Waals surface area contributed by atoms with Crippen molar-refractivity contribution < 1.29 is 26.7 Å². The molecule has 1 aromatic carbocycles. The van der Waals surface area contributed by atoms with E-state index in [0.717, 1.165) is 70.7 Å². The smallest absolute Gasteiger partial charge is 0.381 e. The Morgan fingerprint density at radius 2 is 1.71 bits per heavy atom. The first-order valence-electron chi connectivity index (χ1n) is 12.1. The summed E-state index contributed by atoms with van der Waals surface area (Å²) in [5, 5.41) is 10.7. The van der Waals surface area contributed by atoms with Gasteiger partial charge in [0.25, 0.3) is 0 Å². The number of aromatic nitrogens is 2. The zero-order chi connectivity index (χ0) is 24.7. The summed E-state index contributed by atoms with van der Waals surface area (Å²) in [6.45, 7) is 6.04. The Labute approximate surface area is 201 Å². The first-order valence-corrected chi connectivity index (χ1v) is 12.1. The molecule has 3 heterocycles. The molecule has 2 aliphatic heterocycles. The Morgan fingerprint density at radius 1 is 1.03 bits per heavy atom. The van der Waals surface area contributed by atoms with Crippen LogP contribution in [0.2, 0.25) is 0 Å². The lowest BCUT2D eigenvalue weighted by Gasteiger charge is -2.28. The van der Waals surface area contributed by atoms with Gasteiger partial charge in [0, 0.05) is 50.5 Å². The van der Waals surface area contributed by atoms with Crippen molar-refractivity contribution in [1.29, 1.82) is 0 Å². The van der Waals surface area contributed by atoms with E-state index in [2.05, 4.69) is 20.4 Å². The lowest BCUT2D eigenvalue weighted by atomic mass is 10.00. The molecule has 2 unspecified atom stereocenters. The first kappa shape index (κ1) is 24.4. The fourth-order valence-corrected chi connectivity index (χ4v) is 5.91. The lowest BCUT2D eigenvalue weighted by molar-refractivity contribution is -0.137. The van der Waals surface area contributed by atoms with Gasteiger partial charge in [-0.05, 0) is 68.1 Å².